The standard InChI is InChI=1S/C50H60O24/c1-63-21-7-3-19(4-8-21)27-28(20-5-9-22(64-2)10-6-20)30(44(62)68-18-50-32-24(34(54)42(50)74-50)12-14-66-46(32)72-48-40(60)38(58)36(56)26(16-52)70-48)29(27)43(61)67-17-49-31-23(33(53)41(49)73-49)11-13-65-45(31)71-47-39(59)37(57)35(55)25(15-51)69-47/h3-14,23-42,45-48,51-60H,15-18H2,1-2H3. The van der Waals surface area contributed by atoms with Crippen LogP contribution in [-0.2, 0) is 57.0 Å². The van der Waals surface area contributed by atoms with Gasteiger partial charge in [-0.05, 0) is 47.5 Å². The summed E-state index contributed by atoms with van der Waals surface area (Å²) < 4.78 is 70.4. The first-order valence-corrected chi connectivity index (χ1v) is 24.5. The average Bonchev–Trinajstić information content (AvgIpc) is 4.30. The van der Waals surface area contributed by atoms with E-state index >= 15 is 0 Å². The molecule has 4 saturated heterocycles. The quantitative estimate of drug-likeness (QED) is 0.0584. The average molecular weight is 1050 g/mol. The van der Waals surface area contributed by atoms with Crippen molar-refractivity contribution in [3.63, 3.8) is 0 Å². The van der Waals surface area contributed by atoms with E-state index in [1.807, 2.05) is 0 Å². The van der Waals surface area contributed by atoms with Gasteiger partial charge in [0.05, 0.1) is 75.8 Å². The van der Waals surface area contributed by atoms with E-state index in [1.165, 1.54) is 26.7 Å². The van der Waals surface area contributed by atoms with Gasteiger partial charge in [0.1, 0.15) is 97.0 Å². The lowest BCUT2D eigenvalue weighted by atomic mass is 9.52. The van der Waals surface area contributed by atoms with Crippen molar-refractivity contribution in [2.45, 2.75) is 121 Å². The number of ether oxygens (including phenoxy) is 12. The van der Waals surface area contributed by atoms with E-state index in [-0.39, 0.29) is 0 Å². The second-order valence-corrected chi connectivity index (χ2v) is 20.4. The highest BCUT2D eigenvalue weighted by atomic mass is 16.8. The van der Waals surface area contributed by atoms with E-state index in [9.17, 15) is 60.7 Å². The molecule has 9 aliphatic rings. The molecule has 0 amide bonds. The molecule has 11 rings (SSSR count). The summed E-state index contributed by atoms with van der Waals surface area (Å²) in [6.45, 7) is -2.36. The van der Waals surface area contributed by atoms with E-state index in [0.29, 0.717) is 22.6 Å². The molecule has 2 aromatic rings. The number of carbonyl (C=O) groups excluding carboxylic acids is 2. The molecule has 7 fully saturated rings. The first-order valence-electron chi connectivity index (χ1n) is 24.5. The monoisotopic (exact) mass is 1040 g/mol. The maximum absolute atomic E-state index is 15.0. The zero-order valence-corrected chi connectivity index (χ0v) is 39.8. The molecule has 0 bridgehead atoms. The van der Waals surface area contributed by atoms with Gasteiger partial charge in [-0.3, -0.25) is 9.59 Å². The molecule has 3 aliphatic carbocycles. The van der Waals surface area contributed by atoms with Gasteiger partial charge in [-0.1, -0.05) is 24.3 Å². The van der Waals surface area contributed by atoms with Gasteiger partial charge in [0.2, 0.25) is 12.6 Å². The van der Waals surface area contributed by atoms with Crippen LogP contribution in [0.25, 0.3) is 0 Å². The van der Waals surface area contributed by atoms with Gasteiger partial charge in [-0.25, -0.2) is 0 Å². The molecule has 0 radical (unpaired) electrons. The van der Waals surface area contributed by atoms with Crippen LogP contribution in [-0.4, -0.2) is 213 Å². The van der Waals surface area contributed by atoms with Crippen LogP contribution in [0, 0.1) is 35.5 Å². The Morgan fingerprint density at radius 1 is 0.514 bits per heavy atom. The van der Waals surface area contributed by atoms with Crippen LogP contribution in [0.2, 0.25) is 0 Å². The number of aliphatic hydroxyl groups is 10. The Balaban J connectivity index is 0.867. The van der Waals surface area contributed by atoms with Gasteiger partial charge >= 0.3 is 11.9 Å². The molecule has 6 heterocycles. The molecule has 24 nitrogen and oxygen atoms in total. The second-order valence-electron chi connectivity index (χ2n) is 20.4. The second kappa shape index (κ2) is 19.8. The zero-order valence-electron chi connectivity index (χ0n) is 39.8. The Labute approximate surface area is 422 Å². The smallest absolute Gasteiger partial charge is 0.310 e. The number of benzene rings is 2. The minimum absolute atomic E-state index is 0.468. The number of hydrogen-bond donors (Lipinski definition) is 10. The topological polar surface area (TPSA) is 354 Å². The van der Waals surface area contributed by atoms with Crippen LogP contribution in [0.15, 0.2) is 73.2 Å². The van der Waals surface area contributed by atoms with Crippen LogP contribution in [0.3, 0.4) is 0 Å². The van der Waals surface area contributed by atoms with E-state index in [1.54, 1.807) is 60.7 Å². The molecule has 3 saturated carbocycles. The number of hydrogen-bond acceptors (Lipinski definition) is 24. The first-order chi connectivity index (χ1) is 35.6. The lowest BCUT2D eigenvalue weighted by Crippen LogP contribution is -2.60. The van der Waals surface area contributed by atoms with Crippen LogP contribution >= 0.6 is 0 Å². The molecule has 24 heteroatoms. The Hall–Kier alpha value is -4.58. The fraction of sp³-hybridized carbons (Fsp3) is 0.640. The Morgan fingerprint density at radius 3 is 1.24 bits per heavy atom. The summed E-state index contributed by atoms with van der Waals surface area (Å²) in [5, 5.41) is 106. The summed E-state index contributed by atoms with van der Waals surface area (Å²) in [6, 6.07) is 14.0. The number of epoxide rings is 2. The lowest BCUT2D eigenvalue weighted by Gasteiger charge is -2.50. The minimum atomic E-state index is -1.78. The number of rotatable bonds is 16. The van der Waals surface area contributed by atoms with Gasteiger partial charge in [0.25, 0.3) is 0 Å². The number of esters is 2. The molecule has 74 heavy (non-hydrogen) atoms. The lowest BCUT2D eigenvalue weighted by molar-refractivity contribution is -0.344. The molecule has 26 unspecified atom stereocenters. The maximum Gasteiger partial charge on any atom is 0.310 e. The van der Waals surface area contributed by atoms with Crippen molar-refractivity contribution in [3.8, 4) is 11.5 Å². The van der Waals surface area contributed by atoms with Crippen molar-refractivity contribution >= 4 is 11.9 Å². The normalized spacial score (nSPS) is 47.1. The molecule has 404 valence electrons. The highest BCUT2D eigenvalue weighted by molar-refractivity contribution is 5.87. The number of aliphatic hydroxyl groups excluding tert-OH is 10. The number of fused-ring (bicyclic) bond motifs is 6. The Bertz CT molecular complexity index is 2250. The van der Waals surface area contributed by atoms with Crippen LogP contribution < -0.4 is 9.47 Å². The highest BCUT2D eigenvalue weighted by Crippen LogP contribution is 2.63. The predicted molar refractivity (Wildman–Crippen MR) is 239 cm³/mol. The minimum Gasteiger partial charge on any atom is -0.497 e. The van der Waals surface area contributed by atoms with Crippen LogP contribution in [0.4, 0.5) is 0 Å². The molecule has 0 aromatic heterocycles. The zero-order chi connectivity index (χ0) is 52.1. The van der Waals surface area contributed by atoms with Gasteiger partial charge in [0.15, 0.2) is 12.6 Å². The fourth-order valence-electron chi connectivity index (χ4n) is 12.7. The van der Waals surface area contributed by atoms with Crippen molar-refractivity contribution in [3.05, 3.63) is 84.3 Å². The summed E-state index contributed by atoms with van der Waals surface area (Å²) in [6.07, 6.45) is -17.1. The van der Waals surface area contributed by atoms with Crippen LogP contribution in [0.1, 0.15) is 23.0 Å². The van der Waals surface area contributed by atoms with Crippen molar-refractivity contribution in [1.29, 1.82) is 0 Å². The van der Waals surface area contributed by atoms with Gasteiger partial charge in [0, 0.05) is 23.7 Å². The predicted octanol–water partition coefficient (Wildman–Crippen LogP) is -3.23. The van der Waals surface area contributed by atoms with Crippen molar-refractivity contribution in [1.82, 2.24) is 0 Å². The van der Waals surface area contributed by atoms with Crippen LogP contribution in [0.5, 0.6) is 11.5 Å². The molecule has 26 atom stereocenters. The van der Waals surface area contributed by atoms with Crippen molar-refractivity contribution in [2.75, 3.05) is 40.6 Å². The Kier molecular flexibility index (Phi) is 13.8. The summed E-state index contributed by atoms with van der Waals surface area (Å²) in [5.41, 5.74) is -1.54. The van der Waals surface area contributed by atoms with E-state index in [2.05, 4.69) is 0 Å². The summed E-state index contributed by atoms with van der Waals surface area (Å²) in [4.78, 5) is 30.0. The highest BCUT2D eigenvalue weighted by Gasteiger charge is 2.78. The van der Waals surface area contributed by atoms with E-state index in [4.69, 9.17) is 56.8 Å². The molecular formula is C50H60O24. The Morgan fingerprint density at radius 2 is 0.892 bits per heavy atom. The molecule has 2 aromatic carbocycles. The van der Waals surface area contributed by atoms with E-state index in [0.717, 1.165) is 0 Å². The third-order valence-corrected chi connectivity index (χ3v) is 16.7. The number of methoxy groups -OCH3 is 2. The van der Waals surface area contributed by atoms with Crippen molar-refractivity contribution < 1.29 is 117 Å². The summed E-state index contributed by atoms with van der Waals surface area (Å²) in [7, 11) is 3.01. The van der Waals surface area contributed by atoms with E-state index < -0.39 is 195 Å². The third-order valence-electron chi connectivity index (χ3n) is 16.7. The molecular weight excluding hydrogens is 985 g/mol. The van der Waals surface area contributed by atoms with Crippen molar-refractivity contribution in [2.24, 2.45) is 35.5 Å². The first kappa shape index (κ1) is 51.5. The number of carbonyl (C=O) groups is 2. The van der Waals surface area contributed by atoms with Gasteiger partial charge in [-0.15, -0.1) is 0 Å². The van der Waals surface area contributed by atoms with Gasteiger partial charge in [-0.2, -0.15) is 0 Å². The molecule has 10 N–H and O–H groups in total. The summed E-state index contributed by atoms with van der Waals surface area (Å²) >= 11 is 0. The SMILES string of the molecule is COc1ccc(C2C(C(=O)OCC34OC3C(O)C3C=COC(OC5OC(CO)C(O)C(O)C5O)C34)C(C(=O)OCC34OC3C(O)C3C=COC(OC5OC(CO)C(O)C(O)C5O)C34)C2c2ccc(OC)cc2)cc1. The maximum atomic E-state index is 15.0. The van der Waals surface area contributed by atoms with Gasteiger partial charge < -0.3 is 108 Å². The third kappa shape index (κ3) is 8.29. The molecule has 0 spiro atoms. The molecule has 6 aliphatic heterocycles. The largest absolute Gasteiger partial charge is 0.497 e. The fourth-order valence-corrected chi connectivity index (χ4v) is 12.7. The summed E-state index contributed by atoms with van der Waals surface area (Å²) in [5.74, 6) is -7.62.